The van der Waals surface area contributed by atoms with Crippen molar-refractivity contribution in [3.8, 4) is 0 Å². The Balaban J connectivity index is 2.02. The first-order valence-corrected chi connectivity index (χ1v) is 6.62. The topological polar surface area (TPSA) is 83.4 Å². The highest BCUT2D eigenvalue weighted by Crippen LogP contribution is 2.35. The number of amides is 1. The number of nitrogens with zero attached hydrogens (tertiary/aromatic N) is 3. The van der Waals surface area contributed by atoms with Gasteiger partial charge in [-0.1, -0.05) is 6.92 Å². The predicted octanol–water partition coefficient (Wildman–Crippen LogP) is 1.26. The van der Waals surface area contributed by atoms with Crippen LogP contribution in [0.4, 0.5) is 0 Å². The molecule has 1 N–H and O–H groups in total. The first-order valence-electron chi connectivity index (χ1n) is 5.89. The molecule has 0 aromatic carbocycles. The Kier molecular flexibility index (Phi) is 3.60. The molecular weight excluding hydrogens is 254 g/mol. The van der Waals surface area contributed by atoms with Crippen LogP contribution in [0.3, 0.4) is 0 Å². The maximum atomic E-state index is 12.0. The minimum atomic E-state index is -0.757. The molecule has 0 atom stereocenters. The van der Waals surface area contributed by atoms with Gasteiger partial charge in [-0.2, -0.15) is 8.75 Å². The van der Waals surface area contributed by atoms with Crippen LogP contribution in [0, 0.1) is 5.41 Å². The van der Waals surface area contributed by atoms with Gasteiger partial charge < -0.3 is 10.0 Å². The van der Waals surface area contributed by atoms with Gasteiger partial charge in [0.25, 0.3) is 5.91 Å². The lowest BCUT2D eigenvalue weighted by atomic mass is 9.76. The van der Waals surface area contributed by atoms with E-state index in [0.29, 0.717) is 38.0 Å². The minimum absolute atomic E-state index is 0.154. The van der Waals surface area contributed by atoms with Crippen LogP contribution in [-0.2, 0) is 4.79 Å². The fraction of sp³-hybridized carbons (Fsp3) is 0.636. The molecule has 0 radical (unpaired) electrons. The molecule has 6 nitrogen and oxygen atoms in total. The molecule has 1 aliphatic heterocycles. The summed E-state index contributed by atoms with van der Waals surface area (Å²) < 4.78 is 7.71. The van der Waals surface area contributed by atoms with E-state index in [9.17, 15) is 14.7 Å². The first kappa shape index (κ1) is 12.9. The largest absolute Gasteiger partial charge is 0.481 e. The van der Waals surface area contributed by atoms with Gasteiger partial charge in [0.2, 0.25) is 0 Å². The van der Waals surface area contributed by atoms with Crippen LogP contribution in [0.1, 0.15) is 36.7 Å². The fourth-order valence-corrected chi connectivity index (χ4v) is 2.68. The van der Waals surface area contributed by atoms with Crippen LogP contribution in [-0.4, -0.2) is 43.7 Å². The van der Waals surface area contributed by atoms with Gasteiger partial charge in [0.15, 0.2) is 5.69 Å². The van der Waals surface area contributed by atoms with E-state index in [1.54, 1.807) is 4.90 Å². The molecule has 2 heterocycles. The number of carboxylic acid groups (broad SMARTS) is 1. The molecule has 0 bridgehead atoms. The average Bonchev–Trinajstić information content (AvgIpc) is 2.91. The average molecular weight is 269 g/mol. The third-order valence-electron chi connectivity index (χ3n) is 3.72. The zero-order valence-corrected chi connectivity index (χ0v) is 10.9. The van der Waals surface area contributed by atoms with Gasteiger partial charge in [0, 0.05) is 13.1 Å². The van der Waals surface area contributed by atoms with Crippen LogP contribution in [0.5, 0.6) is 0 Å². The Morgan fingerprint density at radius 2 is 2.17 bits per heavy atom. The Morgan fingerprint density at radius 3 is 2.61 bits per heavy atom. The number of aliphatic carboxylic acids is 1. The van der Waals surface area contributed by atoms with Gasteiger partial charge in [0.05, 0.1) is 23.3 Å². The van der Waals surface area contributed by atoms with Crippen molar-refractivity contribution in [3.05, 3.63) is 11.9 Å². The molecule has 1 amide bonds. The van der Waals surface area contributed by atoms with Gasteiger partial charge in [-0.3, -0.25) is 9.59 Å². The summed E-state index contributed by atoms with van der Waals surface area (Å²) in [5.74, 6) is -0.911. The lowest BCUT2D eigenvalue weighted by molar-refractivity contribution is -0.152. The molecule has 1 aromatic heterocycles. The number of aromatic nitrogens is 2. The summed E-state index contributed by atoms with van der Waals surface area (Å²) in [7, 11) is 0. The highest BCUT2D eigenvalue weighted by Gasteiger charge is 2.41. The number of rotatable bonds is 3. The molecule has 0 aliphatic carbocycles. The van der Waals surface area contributed by atoms with Crippen molar-refractivity contribution in [1.29, 1.82) is 0 Å². The Labute approximate surface area is 109 Å². The number of carbonyl (C=O) groups is 2. The van der Waals surface area contributed by atoms with Crippen molar-refractivity contribution in [3.63, 3.8) is 0 Å². The van der Waals surface area contributed by atoms with E-state index in [2.05, 4.69) is 8.75 Å². The Bertz CT molecular complexity index is 438. The monoisotopic (exact) mass is 269 g/mol. The highest BCUT2D eigenvalue weighted by molar-refractivity contribution is 6.99. The van der Waals surface area contributed by atoms with E-state index in [-0.39, 0.29) is 5.91 Å². The molecule has 1 aliphatic rings. The SMILES string of the molecule is CCC1(C(=O)O)CCN(C(=O)c2cnsn2)CC1. The molecular formula is C11H15N3O3S. The molecule has 1 saturated heterocycles. The smallest absolute Gasteiger partial charge is 0.309 e. The molecule has 0 saturated carbocycles. The van der Waals surface area contributed by atoms with Gasteiger partial charge in [-0.15, -0.1) is 0 Å². The van der Waals surface area contributed by atoms with E-state index >= 15 is 0 Å². The first-order chi connectivity index (χ1) is 8.59. The molecule has 98 valence electrons. The van der Waals surface area contributed by atoms with Crippen LogP contribution in [0.2, 0.25) is 0 Å². The van der Waals surface area contributed by atoms with E-state index in [4.69, 9.17) is 0 Å². The van der Waals surface area contributed by atoms with Crippen molar-refractivity contribution in [1.82, 2.24) is 13.6 Å². The molecule has 1 aromatic rings. The number of carboxylic acids is 1. The fourth-order valence-electron chi connectivity index (χ4n) is 2.28. The van der Waals surface area contributed by atoms with Crippen molar-refractivity contribution in [2.75, 3.05) is 13.1 Å². The van der Waals surface area contributed by atoms with E-state index < -0.39 is 11.4 Å². The summed E-state index contributed by atoms with van der Waals surface area (Å²) in [4.78, 5) is 25.0. The standard InChI is InChI=1S/C11H15N3O3S/c1-2-11(10(16)17)3-5-14(6-4-11)9(15)8-7-12-18-13-8/h7H,2-6H2,1H3,(H,16,17). The molecule has 0 unspecified atom stereocenters. The number of likely N-dealkylation sites (tertiary alicyclic amines) is 1. The van der Waals surface area contributed by atoms with E-state index in [0.717, 1.165) is 11.7 Å². The highest BCUT2D eigenvalue weighted by atomic mass is 32.1. The second-order valence-electron chi connectivity index (χ2n) is 4.52. The predicted molar refractivity (Wildman–Crippen MR) is 65.4 cm³/mol. The summed E-state index contributed by atoms with van der Waals surface area (Å²) in [5, 5.41) is 9.27. The summed E-state index contributed by atoms with van der Waals surface area (Å²) in [6.45, 7) is 2.82. The van der Waals surface area contributed by atoms with Crippen LogP contribution in [0.15, 0.2) is 6.20 Å². The normalized spacial score (nSPS) is 18.6. The minimum Gasteiger partial charge on any atom is -0.481 e. The van der Waals surface area contributed by atoms with Crippen LogP contribution < -0.4 is 0 Å². The van der Waals surface area contributed by atoms with Crippen molar-refractivity contribution in [2.45, 2.75) is 26.2 Å². The van der Waals surface area contributed by atoms with E-state index in [1.807, 2.05) is 6.92 Å². The molecule has 1 fully saturated rings. The lowest BCUT2D eigenvalue weighted by Crippen LogP contribution is -2.46. The molecule has 7 heteroatoms. The number of hydrogen-bond donors (Lipinski definition) is 1. The maximum Gasteiger partial charge on any atom is 0.309 e. The van der Waals surface area contributed by atoms with Crippen molar-refractivity contribution < 1.29 is 14.7 Å². The zero-order chi connectivity index (χ0) is 13.2. The molecule has 2 rings (SSSR count). The second-order valence-corrected chi connectivity index (χ2v) is 5.08. The van der Waals surface area contributed by atoms with Gasteiger partial charge in [0.1, 0.15) is 0 Å². The third kappa shape index (κ3) is 2.22. The summed E-state index contributed by atoms with van der Waals surface area (Å²) >= 11 is 0.999. The zero-order valence-electron chi connectivity index (χ0n) is 10.1. The third-order valence-corrected chi connectivity index (χ3v) is 4.20. The van der Waals surface area contributed by atoms with Crippen molar-refractivity contribution in [2.24, 2.45) is 5.41 Å². The van der Waals surface area contributed by atoms with E-state index in [1.165, 1.54) is 6.20 Å². The van der Waals surface area contributed by atoms with Crippen LogP contribution >= 0.6 is 11.7 Å². The molecule has 18 heavy (non-hydrogen) atoms. The molecule has 0 spiro atoms. The van der Waals surface area contributed by atoms with Gasteiger partial charge in [-0.05, 0) is 19.3 Å². The number of carbonyl (C=O) groups excluding carboxylic acids is 1. The second kappa shape index (κ2) is 5.01. The van der Waals surface area contributed by atoms with Gasteiger partial charge >= 0.3 is 5.97 Å². The Hall–Kier alpha value is -1.50. The number of piperidine rings is 1. The Morgan fingerprint density at radius 1 is 1.50 bits per heavy atom. The summed E-state index contributed by atoms with van der Waals surface area (Å²) in [6.07, 6.45) is 3.05. The number of hydrogen-bond acceptors (Lipinski definition) is 5. The maximum absolute atomic E-state index is 12.0. The quantitative estimate of drug-likeness (QED) is 0.893. The van der Waals surface area contributed by atoms with Crippen LogP contribution in [0.25, 0.3) is 0 Å². The summed E-state index contributed by atoms with van der Waals surface area (Å²) in [6, 6.07) is 0. The lowest BCUT2D eigenvalue weighted by Gasteiger charge is -2.38. The van der Waals surface area contributed by atoms with Gasteiger partial charge in [-0.25, -0.2) is 0 Å². The summed E-state index contributed by atoms with van der Waals surface area (Å²) in [5.41, 5.74) is -0.323. The van der Waals surface area contributed by atoms with Crippen molar-refractivity contribution >= 4 is 23.6 Å².